The molecule has 3 N–H and O–H groups in total. The van der Waals surface area contributed by atoms with Crippen molar-refractivity contribution >= 4 is 13.3 Å². The number of hydrogen-bond donors (Lipinski definition) is 2. The standard InChI is InChI=1S/C7H16NO4P/c1-3-12-13(2,11)5-4-6(8)7(9)10/h6H,3-5,8H2,1-2H3,(H,9,10). The zero-order valence-electron chi connectivity index (χ0n) is 7.90. The van der Waals surface area contributed by atoms with Crippen molar-refractivity contribution in [3.05, 3.63) is 0 Å². The molecule has 6 heteroatoms. The Balaban J connectivity index is 3.87. The molecule has 5 nitrogen and oxygen atoms in total. The highest BCUT2D eigenvalue weighted by molar-refractivity contribution is 7.58. The van der Waals surface area contributed by atoms with Crippen LogP contribution in [0.4, 0.5) is 0 Å². The van der Waals surface area contributed by atoms with Gasteiger partial charge >= 0.3 is 5.97 Å². The van der Waals surface area contributed by atoms with Crippen molar-refractivity contribution in [2.75, 3.05) is 19.4 Å². The fraction of sp³-hybridized carbons (Fsp3) is 0.857. The van der Waals surface area contributed by atoms with Crippen molar-refractivity contribution in [1.29, 1.82) is 0 Å². The molecular weight excluding hydrogens is 193 g/mol. The minimum atomic E-state index is -2.63. The lowest BCUT2D eigenvalue weighted by Crippen LogP contribution is -2.30. The Morgan fingerprint density at radius 2 is 2.23 bits per heavy atom. The number of carboxylic acids is 1. The van der Waals surface area contributed by atoms with Crippen molar-refractivity contribution in [1.82, 2.24) is 0 Å². The van der Waals surface area contributed by atoms with Crippen LogP contribution >= 0.6 is 7.37 Å². The van der Waals surface area contributed by atoms with Gasteiger partial charge in [0.05, 0.1) is 6.61 Å². The first-order valence-corrected chi connectivity index (χ1v) is 6.34. The van der Waals surface area contributed by atoms with Crippen molar-refractivity contribution in [2.45, 2.75) is 19.4 Å². The summed E-state index contributed by atoms with van der Waals surface area (Å²) in [7, 11) is -2.63. The van der Waals surface area contributed by atoms with E-state index in [1.807, 2.05) is 0 Å². The Bertz CT molecular complexity index is 219. The van der Waals surface area contributed by atoms with Gasteiger partial charge in [-0.1, -0.05) is 0 Å². The molecular formula is C7H16NO4P. The Morgan fingerprint density at radius 1 is 1.69 bits per heavy atom. The van der Waals surface area contributed by atoms with Gasteiger partial charge in [0, 0.05) is 12.8 Å². The van der Waals surface area contributed by atoms with Crippen molar-refractivity contribution < 1.29 is 19.0 Å². The summed E-state index contributed by atoms with van der Waals surface area (Å²) in [6, 6.07) is -0.950. The predicted octanol–water partition coefficient (Wildman–Crippen LogP) is 0.733. The lowest BCUT2D eigenvalue weighted by atomic mass is 10.2. The summed E-state index contributed by atoms with van der Waals surface area (Å²) < 4.78 is 16.4. The lowest BCUT2D eigenvalue weighted by Gasteiger charge is -2.13. The second-order valence-electron chi connectivity index (χ2n) is 2.89. The summed E-state index contributed by atoms with van der Waals surface area (Å²) >= 11 is 0. The van der Waals surface area contributed by atoms with Gasteiger partial charge in [0.15, 0.2) is 7.37 Å². The molecule has 0 saturated carbocycles. The van der Waals surface area contributed by atoms with Gasteiger partial charge in [-0.2, -0.15) is 0 Å². The maximum atomic E-state index is 11.5. The van der Waals surface area contributed by atoms with Crippen LogP contribution in [0.1, 0.15) is 13.3 Å². The maximum absolute atomic E-state index is 11.5. The molecule has 0 saturated heterocycles. The first-order valence-electron chi connectivity index (χ1n) is 4.08. The van der Waals surface area contributed by atoms with Gasteiger partial charge < -0.3 is 15.4 Å². The highest BCUT2D eigenvalue weighted by atomic mass is 31.2. The molecule has 0 heterocycles. The minimum Gasteiger partial charge on any atom is -0.480 e. The fourth-order valence-electron chi connectivity index (χ4n) is 0.835. The largest absolute Gasteiger partial charge is 0.480 e. The second-order valence-corrected chi connectivity index (χ2v) is 5.62. The summed E-state index contributed by atoms with van der Waals surface area (Å²) in [5.74, 6) is -1.07. The quantitative estimate of drug-likeness (QED) is 0.629. The highest BCUT2D eigenvalue weighted by Gasteiger charge is 2.19. The molecule has 0 rings (SSSR count). The van der Waals surface area contributed by atoms with Gasteiger partial charge in [-0.3, -0.25) is 9.36 Å². The van der Waals surface area contributed by atoms with E-state index in [4.69, 9.17) is 15.4 Å². The number of carboxylic acid groups (broad SMARTS) is 1. The van der Waals surface area contributed by atoms with E-state index in [1.54, 1.807) is 6.92 Å². The Kier molecular flexibility index (Phi) is 5.21. The third-order valence-corrected chi connectivity index (χ3v) is 3.44. The van der Waals surface area contributed by atoms with Crippen LogP contribution in [-0.2, 0) is 13.9 Å². The molecule has 2 unspecified atom stereocenters. The van der Waals surface area contributed by atoms with Gasteiger partial charge in [0.25, 0.3) is 0 Å². The zero-order valence-corrected chi connectivity index (χ0v) is 8.79. The number of carbonyl (C=O) groups is 1. The van der Waals surface area contributed by atoms with Crippen LogP contribution < -0.4 is 5.73 Å². The molecule has 0 bridgehead atoms. The van der Waals surface area contributed by atoms with E-state index in [2.05, 4.69) is 0 Å². The lowest BCUT2D eigenvalue weighted by molar-refractivity contribution is -0.138. The molecule has 78 valence electrons. The molecule has 0 aromatic rings. The first-order chi connectivity index (χ1) is 5.89. The molecule has 13 heavy (non-hydrogen) atoms. The first kappa shape index (κ1) is 12.6. The average Bonchev–Trinajstić information content (AvgIpc) is 2.00. The predicted molar refractivity (Wildman–Crippen MR) is 50.3 cm³/mol. The van der Waals surface area contributed by atoms with Gasteiger partial charge in [0.2, 0.25) is 0 Å². The summed E-state index contributed by atoms with van der Waals surface area (Å²) in [4.78, 5) is 10.3. The third-order valence-electron chi connectivity index (χ3n) is 1.57. The molecule has 0 aromatic heterocycles. The van der Waals surface area contributed by atoms with Gasteiger partial charge in [-0.25, -0.2) is 0 Å². The zero-order chi connectivity index (χ0) is 10.5. The fourth-order valence-corrected chi connectivity index (χ4v) is 2.26. The molecule has 0 amide bonds. The highest BCUT2D eigenvalue weighted by Crippen LogP contribution is 2.42. The Morgan fingerprint density at radius 3 is 2.62 bits per heavy atom. The number of aliphatic carboxylic acids is 1. The van der Waals surface area contributed by atoms with Crippen LogP contribution in [0.3, 0.4) is 0 Å². The topological polar surface area (TPSA) is 89.6 Å². The summed E-state index contributed by atoms with van der Waals surface area (Å²) in [5.41, 5.74) is 5.24. The van der Waals surface area contributed by atoms with E-state index >= 15 is 0 Å². The van der Waals surface area contributed by atoms with Crippen LogP contribution in [-0.4, -0.2) is 36.6 Å². The third kappa shape index (κ3) is 5.80. The van der Waals surface area contributed by atoms with Gasteiger partial charge in [0.1, 0.15) is 6.04 Å². The van der Waals surface area contributed by atoms with Crippen LogP contribution in [0, 0.1) is 0 Å². The smallest absolute Gasteiger partial charge is 0.320 e. The minimum absolute atomic E-state index is 0.184. The summed E-state index contributed by atoms with van der Waals surface area (Å²) in [6.07, 6.45) is 0.400. The van der Waals surface area contributed by atoms with Crippen LogP contribution in [0.5, 0.6) is 0 Å². The second kappa shape index (κ2) is 5.37. The van der Waals surface area contributed by atoms with E-state index < -0.39 is 19.4 Å². The summed E-state index contributed by atoms with van der Waals surface area (Å²) in [5, 5.41) is 8.45. The van der Waals surface area contributed by atoms with E-state index in [0.29, 0.717) is 6.61 Å². The molecule has 2 atom stereocenters. The van der Waals surface area contributed by atoms with E-state index in [9.17, 15) is 9.36 Å². The van der Waals surface area contributed by atoms with E-state index in [-0.39, 0.29) is 12.6 Å². The Hall–Kier alpha value is -0.380. The van der Waals surface area contributed by atoms with Crippen LogP contribution in [0.2, 0.25) is 0 Å². The SMILES string of the molecule is CCOP(C)(=O)CCC(N)C(=O)O. The molecule has 0 aliphatic heterocycles. The summed E-state index contributed by atoms with van der Waals surface area (Å²) in [6.45, 7) is 3.61. The molecule has 0 fully saturated rings. The monoisotopic (exact) mass is 209 g/mol. The van der Waals surface area contributed by atoms with Crippen LogP contribution in [0.25, 0.3) is 0 Å². The van der Waals surface area contributed by atoms with Crippen molar-refractivity contribution in [2.24, 2.45) is 5.73 Å². The van der Waals surface area contributed by atoms with Gasteiger partial charge in [-0.15, -0.1) is 0 Å². The van der Waals surface area contributed by atoms with E-state index in [1.165, 1.54) is 6.66 Å². The average molecular weight is 209 g/mol. The Labute approximate surface area is 77.7 Å². The van der Waals surface area contributed by atoms with Gasteiger partial charge in [-0.05, 0) is 13.3 Å². The number of rotatable bonds is 6. The molecule has 0 radical (unpaired) electrons. The van der Waals surface area contributed by atoms with Crippen molar-refractivity contribution in [3.8, 4) is 0 Å². The van der Waals surface area contributed by atoms with E-state index in [0.717, 1.165) is 0 Å². The normalized spacial score (nSPS) is 17.8. The molecule has 0 aliphatic rings. The maximum Gasteiger partial charge on any atom is 0.320 e. The van der Waals surface area contributed by atoms with Crippen molar-refractivity contribution in [3.63, 3.8) is 0 Å². The van der Waals surface area contributed by atoms with Crippen LogP contribution in [0.15, 0.2) is 0 Å². The molecule has 0 aliphatic carbocycles. The molecule has 0 aromatic carbocycles. The number of nitrogens with two attached hydrogens (primary N) is 1. The number of hydrogen-bond acceptors (Lipinski definition) is 4. The molecule has 0 spiro atoms.